The minimum absolute atomic E-state index is 0.00821. The number of halogens is 1. The molecule has 1 aliphatic heterocycles. The van der Waals surface area contributed by atoms with Crippen LogP contribution in [0.3, 0.4) is 0 Å². The standard InChI is InChI=1S/C21H20FN3O3/c22-13-3-8-18-16(10-13)17(11-20(27)25-18)21(28)24-15-4-1-12(2-5-15)9-19(26)23-14-6-7-14/h1-5,8,10,14,17H,6-7,9,11H2,(H,23,26)(H,24,28)(H,25,27). The van der Waals surface area contributed by atoms with Crippen LogP contribution in [0.2, 0.25) is 0 Å². The molecule has 4 rings (SSSR count). The normalized spacial score (nSPS) is 18.0. The molecule has 7 heteroatoms. The van der Waals surface area contributed by atoms with Crippen molar-refractivity contribution in [1.82, 2.24) is 5.32 Å². The van der Waals surface area contributed by atoms with Gasteiger partial charge in [-0.05, 0) is 54.3 Å². The molecule has 1 atom stereocenters. The molecule has 3 N–H and O–H groups in total. The predicted octanol–water partition coefficient (Wildman–Crippen LogP) is 2.71. The fourth-order valence-corrected chi connectivity index (χ4v) is 3.29. The number of nitrogens with one attached hydrogen (secondary N) is 3. The number of benzene rings is 2. The molecule has 0 bridgehead atoms. The Kier molecular flexibility index (Phi) is 4.81. The number of carbonyl (C=O) groups is 3. The van der Waals surface area contributed by atoms with Crippen molar-refractivity contribution in [2.45, 2.75) is 37.6 Å². The SMILES string of the molecule is O=C1CC(C(=O)Nc2ccc(CC(=O)NC3CC3)cc2)c2cc(F)ccc2N1. The Morgan fingerprint density at radius 3 is 2.57 bits per heavy atom. The number of anilines is 2. The fraction of sp³-hybridized carbons (Fsp3) is 0.286. The van der Waals surface area contributed by atoms with Gasteiger partial charge in [0.05, 0.1) is 12.3 Å². The molecule has 3 amide bonds. The van der Waals surface area contributed by atoms with E-state index in [0.717, 1.165) is 18.4 Å². The van der Waals surface area contributed by atoms with Gasteiger partial charge in [0.15, 0.2) is 0 Å². The number of hydrogen-bond donors (Lipinski definition) is 3. The summed E-state index contributed by atoms with van der Waals surface area (Å²) < 4.78 is 13.6. The predicted molar refractivity (Wildman–Crippen MR) is 102 cm³/mol. The van der Waals surface area contributed by atoms with Gasteiger partial charge in [-0.15, -0.1) is 0 Å². The van der Waals surface area contributed by atoms with E-state index in [1.54, 1.807) is 24.3 Å². The largest absolute Gasteiger partial charge is 0.353 e. The summed E-state index contributed by atoms with van der Waals surface area (Å²) in [7, 11) is 0. The summed E-state index contributed by atoms with van der Waals surface area (Å²) in [6.45, 7) is 0. The molecule has 2 aromatic carbocycles. The maximum atomic E-state index is 13.6. The van der Waals surface area contributed by atoms with Crippen molar-refractivity contribution >= 4 is 29.1 Å². The Hall–Kier alpha value is -3.22. The molecule has 0 aromatic heterocycles. The summed E-state index contributed by atoms with van der Waals surface area (Å²) in [5, 5.41) is 8.36. The zero-order valence-corrected chi connectivity index (χ0v) is 15.1. The van der Waals surface area contributed by atoms with Crippen LogP contribution in [0.25, 0.3) is 0 Å². The summed E-state index contributed by atoms with van der Waals surface area (Å²) in [6, 6.07) is 11.3. The summed E-state index contributed by atoms with van der Waals surface area (Å²) >= 11 is 0. The molecule has 0 spiro atoms. The quantitative estimate of drug-likeness (QED) is 0.744. The second kappa shape index (κ2) is 7.42. The molecule has 0 saturated heterocycles. The third-order valence-electron chi connectivity index (χ3n) is 4.90. The van der Waals surface area contributed by atoms with E-state index in [1.165, 1.54) is 18.2 Å². The molecule has 2 aromatic rings. The van der Waals surface area contributed by atoms with Gasteiger partial charge in [0.2, 0.25) is 17.7 Å². The van der Waals surface area contributed by atoms with Crippen molar-refractivity contribution in [3.63, 3.8) is 0 Å². The molecule has 1 saturated carbocycles. The maximum absolute atomic E-state index is 13.6. The summed E-state index contributed by atoms with van der Waals surface area (Å²) in [6.07, 6.45) is 2.34. The van der Waals surface area contributed by atoms with Crippen LogP contribution in [0.15, 0.2) is 42.5 Å². The highest BCUT2D eigenvalue weighted by Gasteiger charge is 2.31. The lowest BCUT2D eigenvalue weighted by Crippen LogP contribution is -2.31. The van der Waals surface area contributed by atoms with E-state index in [2.05, 4.69) is 16.0 Å². The van der Waals surface area contributed by atoms with Crippen molar-refractivity contribution in [3.8, 4) is 0 Å². The third kappa shape index (κ3) is 4.19. The average molecular weight is 381 g/mol. The van der Waals surface area contributed by atoms with E-state index in [1.807, 2.05) is 0 Å². The highest BCUT2D eigenvalue weighted by molar-refractivity contribution is 6.05. The Balaban J connectivity index is 1.43. The minimum Gasteiger partial charge on any atom is -0.353 e. The molecule has 144 valence electrons. The van der Waals surface area contributed by atoms with Crippen LogP contribution in [-0.2, 0) is 20.8 Å². The van der Waals surface area contributed by atoms with E-state index in [-0.39, 0.29) is 24.1 Å². The van der Waals surface area contributed by atoms with Crippen molar-refractivity contribution < 1.29 is 18.8 Å². The van der Waals surface area contributed by atoms with Gasteiger partial charge in [-0.25, -0.2) is 4.39 Å². The smallest absolute Gasteiger partial charge is 0.232 e. The van der Waals surface area contributed by atoms with Crippen LogP contribution in [-0.4, -0.2) is 23.8 Å². The zero-order valence-electron chi connectivity index (χ0n) is 15.1. The molecule has 1 heterocycles. The lowest BCUT2D eigenvalue weighted by Gasteiger charge is -2.25. The maximum Gasteiger partial charge on any atom is 0.232 e. The van der Waals surface area contributed by atoms with Crippen molar-refractivity contribution in [2.24, 2.45) is 0 Å². The second-order valence-corrected chi connectivity index (χ2v) is 7.24. The molecule has 6 nitrogen and oxygen atoms in total. The minimum atomic E-state index is -0.761. The number of rotatable bonds is 5. The Morgan fingerprint density at radius 2 is 1.86 bits per heavy atom. The van der Waals surface area contributed by atoms with E-state index in [9.17, 15) is 18.8 Å². The van der Waals surface area contributed by atoms with Crippen LogP contribution < -0.4 is 16.0 Å². The van der Waals surface area contributed by atoms with Crippen molar-refractivity contribution in [2.75, 3.05) is 10.6 Å². The monoisotopic (exact) mass is 381 g/mol. The first kappa shape index (κ1) is 18.2. The Bertz CT molecular complexity index is 938. The first-order valence-corrected chi connectivity index (χ1v) is 9.26. The molecular formula is C21H20FN3O3. The summed E-state index contributed by atoms with van der Waals surface area (Å²) in [4.78, 5) is 36.4. The van der Waals surface area contributed by atoms with E-state index < -0.39 is 11.7 Å². The highest BCUT2D eigenvalue weighted by Crippen LogP contribution is 2.33. The van der Waals surface area contributed by atoms with Gasteiger partial charge in [-0.2, -0.15) is 0 Å². The van der Waals surface area contributed by atoms with Crippen molar-refractivity contribution in [3.05, 3.63) is 59.4 Å². The summed E-state index contributed by atoms with van der Waals surface area (Å²) in [5.41, 5.74) is 2.32. The van der Waals surface area contributed by atoms with Gasteiger partial charge in [0, 0.05) is 23.8 Å². The fourth-order valence-electron chi connectivity index (χ4n) is 3.29. The van der Waals surface area contributed by atoms with Gasteiger partial charge >= 0.3 is 0 Å². The number of carbonyl (C=O) groups excluding carboxylic acids is 3. The molecule has 1 aliphatic carbocycles. The molecule has 0 radical (unpaired) electrons. The van der Waals surface area contributed by atoms with Crippen LogP contribution in [0.5, 0.6) is 0 Å². The van der Waals surface area contributed by atoms with Gasteiger partial charge in [0.1, 0.15) is 5.82 Å². The Labute approximate surface area is 161 Å². The summed E-state index contributed by atoms with van der Waals surface area (Å²) in [5.74, 6) is -1.88. The van der Waals surface area contributed by atoms with E-state index in [4.69, 9.17) is 0 Å². The number of amides is 3. The third-order valence-corrected chi connectivity index (χ3v) is 4.90. The lowest BCUT2D eigenvalue weighted by atomic mass is 9.89. The van der Waals surface area contributed by atoms with Crippen LogP contribution in [0, 0.1) is 5.82 Å². The van der Waals surface area contributed by atoms with Crippen LogP contribution in [0.4, 0.5) is 15.8 Å². The van der Waals surface area contributed by atoms with Crippen LogP contribution >= 0.6 is 0 Å². The molecule has 1 fully saturated rings. The first-order valence-electron chi connectivity index (χ1n) is 9.26. The Morgan fingerprint density at radius 1 is 1.11 bits per heavy atom. The zero-order chi connectivity index (χ0) is 19.7. The highest BCUT2D eigenvalue weighted by atomic mass is 19.1. The second-order valence-electron chi connectivity index (χ2n) is 7.24. The first-order chi connectivity index (χ1) is 13.5. The average Bonchev–Trinajstić information content (AvgIpc) is 3.47. The van der Waals surface area contributed by atoms with Gasteiger partial charge < -0.3 is 16.0 Å². The van der Waals surface area contributed by atoms with Gasteiger partial charge in [-0.3, -0.25) is 14.4 Å². The van der Waals surface area contributed by atoms with Crippen LogP contribution in [0.1, 0.15) is 36.3 Å². The number of fused-ring (bicyclic) bond motifs is 1. The topological polar surface area (TPSA) is 87.3 Å². The molecule has 1 unspecified atom stereocenters. The lowest BCUT2D eigenvalue weighted by molar-refractivity contribution is -0.123. The molecular weight excluding hydrogens is 361 g/mol. The van der Waals surface area contributed by atoms with E-state index >= 15 is 0 Å². The number of hydrogen-bond acceptors (Lipinski definition) is 3. The van der Waals surface area contributed by atoms with Gasteiger partial charge in [-0.1, -0.05) is 12.1 Å². The molecule has 2 aliphatic rings. The molecule has 28 heavy (non-hydrogen) atoms. The van der Waals surface area contributed by atoms with E-state index in [0.29, 0.717) is 29.4 Å². The van der Waals surface area contributed by atoms with Gasteiger partial charge in [0.25, 0.3) is 0 Å². The van der Waals surface area contributed by atoms with Crippen molar-refractivity contribution in [1.29, 1.82) is 0 Å².